The van der Waals surface area contributed by atoms with Gasteiger partial charge in [-0.05, 0) is 62.8 Å². The van der Waals surface area contributed by atoms with Gasteiger partial charge >= 0.3 is 0 Å². The minimum atomic E-state index is -0.515. The quantitative estimate of drug-likeness (QED) is 0.684. The van der Waals surface area contributed by atoms with Crippen LogP contribution in [0.3, 0.4) is 0 Å². The number of nitrogens with zero attached hydrogens (tertiary/aromatic N) is 1. The second kappa shape index (κ2) is 10.6. The van der Waals surface area contributed by atoms with Gasteiger partial charge in [0.2, 0.25) is 11.8 Å². The Hall–Kier alpha value is -2.62. The maximum Gasteiger partial charge on any atom is 0.242 e. The zero-order valence-corrected chi connectivity index (χ0v) is 19.4. The normalized spacial score (nSPS) is 15.4. The number of hydrogen-bond donors (Lipinski definition) is 1. The molecule has 0 aliphatic heterocycles. The van der Waals surface area contributed by atoms with E-state index in [1.807, 2.05) is 39.0 Å². The molecule has 31 heavy (non-hydrogen) atoms. The van der Waals surface area contributed by atoms with Crippen molar-refractivity contribution in [2.24, 2.45) is 0 Å². The van der Waals surface area contributed by atoms with Crippen LogP contribution in [0, 0.1) is 20.8 Å². The Morgan fingerprint density at radius 2 is 1.65 bits per heavy atom. The van der Waals surface area contributed by atoms with E-state index in [2.05, 4.69) is 36.5 Å². The van der Waals surface area contributed by atoms with E-state index in [0.717, 1.165) is 53.5 Å². The minimum Gasteiger partial charge on any atom is -0.352 e. The van der Waals surface area contributed by atoms with Crippen molar-refractivity contribution in [2.45, 2.75) is 84.8 Å². The first-order chi connectivity index (χ1) is 14.8. The summed E-state index contributed by atoms with van der Waals surface area (Å²) >= 11 is 0. The number of benzene rings is 2. The van der Waals surface area contributed by atoms with Gasteiger partial charge in [0.05, 0.1) is 6.42 Å². The third-order valence-electron chi connectivity index (χ3n) is 6.57. The van der Waals surface area contributed by atoms with Crippen molar-refractivity contribution < 1.29 is 9.59 Å². The Balaban J connectivity index is 1.80. The molecule has 0 spiro atoms. The third-order valence-corrected chi connectivity index (χ3v) is 6.57. The summed E-state index contributed by atoms with van der Waals surface area (Å²) in [5.74, 6) is -0.0574. The molecule has 4 heteroatoms. The fraction of sp³-hybridized carbons (Fsp3) is 0.481. The average molecular weight is 421 g/mol. The molecule has 2 aromatic rings. The molecule has 1 atom stereocenters. The van der Waals surface area contributed by atoms with Gasteiger partial charge in [-0.15, -0.1) is 0 Å². The van der Waals surface area contributed by atoms with Crippen molar-refractivity contribution in [3.63, 3.8) is 0 Å². The average Bonchev–Trinajstić information content (AvgIpc) is 2.76. The monoisotopic (exact) mass is 420 g/mol. The maximum atomic E-state index is 13.5. The third kappa shape index (κ3) is 6.19. The first-order valence-corrected chi connectivity index (χ1v) is 11.6. The summed E-state index contributed by atoms with van der Waals surface area (Å²) in [4.78, 5) is 28.3. The van der Waals surface area contributed by atoms with Gasteiger partial charge in [-0.3, -0.25) is 9.59 Å². The number of aryl methyl sites for hydroxylation is 3. The molecule has 0 aromatic heterocycles. The van der Waals surface area contributed by atoms with Crippen LogP contribution in [0.25, 0.3) is 0 Å². The Labute approximate surface area is 187 Å². The lowest BCUT2D eigenvalue weighted by atomic mass is 9.95. The van der Waals surface area contributed by atoms with E-state index in [9.17, 15) is 9.59 Å². The molecule has 1 fully saturated rings. The fourth-order valence-corrected chi connectivity index (χ4v) is 4.38. The molecule has 0 unspecified atom stereocenters. The number of hydrogen-bond acceptors (Lipinski definition) is 2. The van der Waals surface area contributed by atoms with Crippen LogP contribution in [0.2, 0.25) is 0 Å². The minimum absolute atomic E-state index is 0.0109. The van der Waals surface area contributed by atoms with Gasteiger partial charge in [-0.2, -0.15) is 0 Å². The number of carbonyl (C=O) groups excluding carboxylic acids is 2. The topological polar surface area (TPSA) is 49.4 Å². The highest BCUT2D eigenvalue weighted by Gasteiger charge is 2.28. The number of nitrogens with one attached hydrogen (secondary N) is 1. The molecule has 4 nitrogen and oxygen atoms in total. The molecule has 166 valence electrons. The van der Waals surface area contributed by atoms with Crippen LogP contribution < -0.4 is 5.32 Å². The molecular formula is C27H36N2O2. The van der Waals surface area contributed by atoms with Crippen LogP contribution in [0.4, 0.5) is 0 Å². The fourth-order valence-electron chi connectivity index (χ4n) is 4.38. The molecule has 2 aromatic carbocycles. The maximum absolute atomic E-state index is 13.5. The van der Waals surface area contributed by atoms with Crippen LogP contribution in [0.1, 0.15) is 66.8 Å². The molecule has 0 saturated heterocycles. The molecule has 1 aliphatic rings. The molecule has 0 radical (unpaired) electrons. The standard InChI is InChI=1S/C27H36N2O2/c1-19-14-15-21(3)24(16-19)17-26(30)29(18-23-11-9-8-10-20(23)2)22(4)27(31)28-25-12-6-5-7-13-25/h8-11,14-16,22,25H,5-7,12-13,17-18H2,1-4H3,(H,28,31)/t22-/m0/s1. The predicted octanol–water partition coefficient (Wildman–Crippen LogP) is 5.02. The molecule has 1 aliphatic carbocycles. The first kappa shape index (κ1) is 23.1. The van der Waals surface area contributed by atoms with Gasteiger partial charge in [0.25, 0.3) is 0 Å². The van der Waals surface area contributed by atoms with E-state index in [0.29, 0.717) is 13.0 Å². The zero-order chi connectivity index (χ0) is 22.4. The lowest BCUT2D eigenvalue weighted by Gasteiger charge is -2.32. The van der Waals surface area contributed by atoms with Crippen molar-refractivity contribution >= 4 is 11.8 Å². The van der Waals surface area contributed by atoms with Crippen molar-refractivity contribution in [3.05, 3.63) is 70.3 Å². The SMILES string of the molecule is Cc1ccc(C)c(CC(=O)N(Cc2ccccc2C)[C@@H](C)C(=O)NC2CCCCC2)c1. The molecular weight excluding hydrogens is 384 g/mol. The summed E-state index contributed by atoms with van der Waals surface area (Å²) in [6.07, 6.45) is 5.95. The molecule has 0 bridgehead atoms. The summed E-state index contributed by atoms with van der Waals surface area (Å²) in [5, 5.41) is 3.21. The van der Waals surface area contributed by atoms with Gasteiger partial charge in [-0.1, -0.05) is 67.3 Å². The Bertz CT molecular complexity index is 915. The highest BCUT2D eigenvalue weighted by molar-refractivity contribution is 5.88. The van der Waals surface area contributed by atoms with Crippen molar-refractivity contribution in [2.75, 3.05) is 0 Å². The zero-order valence-electron chi connectivity index (χ0n) is 19.4. The lowest BCUT2D eigenvalue weighted by molar-refractivity contribution is -0.140. The van der Waals surface area contributed by atoms with Crippen molar-refractivity contribution in [1.82, 2.24) is 10.2 Å². The summed E-state index contributed by atoms with van der Waals surface area (Å²) in [6.45, 7) is 8.42. The van der Waals surface area contributed by atoms with Gasteiger partial charge in [-0.25, -0.2) is 0 Å². The summed E-state index contributed by atoms with van der Waals surface area (Å²) in [7, 11) is 0. The van der Waals surface area contributed by atoms with E-state index < -0.39 is 6.04 Å². The van der Waals surface area contributed by atoms with Gasteiger partial charge in [0.1, 0.15) is 6.04 Å². The Morgan fingerprint density at radius 1 is 0.968 bits per heavy atom. The van der Waals surface area contributed by atoms with Crippen LogP contribution in [0.5, 0.6) is 0 Å². The van der Waals surface area contributed by atoms with Crippen LogP contribution in [-0.4, -0.2) is 28.8 Å². The molecule has 3 rings (SSSR count). The van der Waals surface area contributed by atoms with E-state index in [4.69, 9.17) is 0 Å². The number of rotatable bonds is 7. The molecule has 2 amide bonds. The smallest absolute Gasteiger partial charge is 0.242 e. The Morgan fingerprint density at radius 3 is 2.35 bits per heavy atom. The highest BCUT2D eigenvalue weighted by Crippen LogP contribution is 2.20. The number of amides is 2. The van der Waals surface area contributed by atoms with E-state index in [-0.39, 0.29) is 17.9 Å². The first-order valence-electron chi connectivity index (χ1n) is 11.6. The predicted molar refractivity (Wildman–Crippen MR) is 126 cm³/mol. The van der Waals surface area contributed by atoms with E-state index >= 15 is 0 Å². The van der Waals surface area contributed by atoms with Crippen molar-refractivity contribution in [1.29, 1.82) is 0 Å². The van der Waals surface area contributed by atoms with Crippen molar-refractivity contribution in [3.8, 4) is 0 Å². The van der Waals surface area contributed by atoms with Crippen LogP contribution in [-0.2, 0) is 22.6 Å². The highest BCUT2D eigenvalue weighted by atomic mass is 16.2. The molecule has 1 N–H and O–H groups in total. The van der Waals surface area contributed by atoms with Crippen LogP contribution in [0.15, 0.2) is 42.5 Å². The Kier molecular flexibility index (Phi) is 7.89. The second-order valence-electron chi connectivity index (χ2n) is 9.07. The summed E-state index contributed by atoms with van der Waals surface area (Å²) in [6, 6.07) is 14.0. The van der Waals surface area contributed by atoms with E-state index in [1.54, 1.807) is 4.90 Å². The molecule has 0 heterocycles. The van der Waals surface area contributed by atoms with Gasteiger partial charge < -0.3 is 10.2 Å². The van der Waals surface area contributed by atoms with E-state index in [1.165, 1.54) is 6.42 Å². The molecule has 1 saturated carbocycles. The lowest BCUT2D eigenvalue weighted by Crippen LogP contribution is -2.50. The largest absolute Gasteiger partial charge is 0.352 e. The van der Waals surface area contributed by atoms with Gasteiger partial charge in [0.15, 0.2) is 0 Å². The summed E-state index contributed by atoms with van der Waals surface area (Å²) < 4.78 is 0. The number of carbonyl (C=O) groups is 2. The van der Waals surface area contributed by atoms with Gasteiger partial charge in [0, 0.05) is 12.6 Å². The van der Waals surface area contributed by atoms with Crippen LogP contribution >= 0.6 is 0 Å². The second-order valence-corrected chi connectivity index (χ2v) is 9.07. The summed E-state index contributed by atoms with van der Waals surface area (Å²) in [5.41, 5.74) is 5.48.